The zero-order valence-electron chi connectivity index (χ0n) is 53.5. The summed E-state index contributed by atoms with van der Waals surface area (Å²) in [5.41, 5.74) is 12.6. The van der Waals surface area contributed by atoms with Gasteiger partial charge < -0.3 is 41.8 Å². The second-order valence-electron chi connectivity index (χ2n) is 25.2. The van der Waals surface area contributed by atoms with E-state index in [1.165, 1.54) is 24.3 Å². The Bertz CT molecular complexity index is 3940. The molecule has 2 heterocycles. The molecule has 0 aliphatic rings. The molecule has 24 nitrogen and oxygen atoms in total. The Labute approximate surface area is 549 Å². The van der Waals surface area contributed by atoms with Gasteiger partial charge in [-0.05, 0) is 141 Å². The van der Waals surface area contributed by atoms with Gasteiger partial charge >= 0.3 is 11.4 Å². The number of ether oxygens (including phenoxy) is 2. The molecule has 6 atom stereocenters. The smallest absolute Gasteiger partial charge is 0.300 e. The third-order valence-electron chi connectivity index (χ3n) is 16.3. The van der Waals surface area contributed by atoms with Crippen LogP contribution in [0.1, 0.15) is 114 Å². The summed E-state index contributed by atoms with van der Waals surface area (Å²) in [5, 5.41) is 65.6. The van der Waals surface area contributed by atoms with Gasteiger partial charge in [0.05, 0.1) is 59.7 Å². The number of aromatic nitrogens is 4. The maximum atomic E-state index is 14.8. The number of nitrogens with two attached hydrogens (primary N) is 2. The Morgan fingerprint density at radius 1 is 0.552 bits per heavy atom. The standard InChI is InChI=1S/C40H40F2N8O10.C28H38F2N2O4/c1-40(2,16-14-27(51)20-26(19-24-18-25(41)8-9-28(24)42)43-29-10-12-32(49(54)55)37-35(29)45-59-47-37)17-15-34(52)39(53)31(22-58-21-23-6-4-3-5-7-23)44-30-11-13-33(50(56)57)38-36(30)46-60-48-38;1-28(2,12-10-23(33)16-22(31)15-20-14-21(29)8-9-24(20)30)13-11-26(34)27(35)25(32)18-36-17-19-6-4-3-5-7-19/h3-13,18,26,31,39,43-44,53H,14-17,19-22H2,1-2H3;3-9,14,22,25,27,35H,10-13,15-18,31-32H2,1-2H3/t26?,31-,39+;22?,25-,27+/m11/s1. The van der Waals surface area contributed by atoms with Gasteiger partial charge in [-0.2, -0.15) is 0 Å². The van der Waals surface area contributed by atoms with Gasteiger partial charge in [-0.15, -0.1) is 0 Å². The van der Waals surface area contributed by atoms with Gasteiger partial charge in [-0.1, -0.05) is 88.4 Å². The van der Waals surface area contributed by atoms with Gasteiger partial charge in [0.2, 0.25) is 11.0 Å². The third-order valence-corrected chi connectivity index (χ3v) is 16.3. The van der Waals surface area contributed by atoms with Crippen LogP contribution in [-0.4, -0.2) is 113 Å². The van der Waals surface area contributed by atoms with Crippen LogP contribution in [0.2, 0.25) is 0 Å². The molecular weight excluding hydrogens is 1260 g/mol. The van der Waals surface area contributed by atoms with E-state index in [9.17, 15) is 67.2 Å². The highest BCUT2D eigenvalue weighted by atomic mass is 19.1. The third kappa shape index (κ3) is 22.4. The number of benzene rings is 6. The molecule has 0 fully saturated rings. The number of Topliss-reactive ketones (excluding diaryl/α,β-unsaturated/α-hetero) is 4. The van der Waals surface area contributed by atoms with Crippen molar-refractivity contribution in [3.8, 4) is 0 Å². The monoisotopic (exact) mass is 1330 g/mol. The van der Waals surface area contributed by atoms with E-state index in [0.717, 1.165) is 47.5 Å². The van der Waals surface area contributed by atoms with Crippen LogP contribution in [0.3, 0.4) is 0 Å². The largest absolute Gasteiger partial charge is 0.384 e. The van der Waals surface area contributed by atoms with Gasteiger partial charge in [0.15, 0.2) is 22.6 Å². The number of nitrogens with one attached hydrogen (secondary N) is 2. The number of ketones is 4. The topological polar surface area (TPSA) is 367 Å². The van der Waals surface area contributed by atoms with E-state index in [-0.39, 0.29) is 156 Å². The fourth-order valence-electron chi connectivity index (χ4n) is 10.6. The first kappa shape index (κ1) is 74.1. The van der Waals surface area contributed by atoms with Crippen LogP contribution < -0.4 is 22.1 Å². The predicted octanol–water partition coefficient (Wildman–Crippen LogP) is 10.9. The number of anilines is 2. The van der Waals surface area contributed by atoms with E-state index in [4.69, 9.17) is 30.2 Å². The molecule has 8 rings (SSSR count). The van der Waals surface area contributed by atoms with Crippen LogP contribution in [-0.2, 0) is 54.7 Å². The van der Waals surface area contributed by atoms with Crippen LogP contribution in [0.4, 0.5) is 40.3 Å². The molecule has 2 unspecified atom stereocenters. The molecule has 8 N–H and O–H groups in total. The van der Waals surface area contributed by atoms with Crippen molar-refractivity contribution < 1.29 is 75.5 Å². The zero-order valence-corrected chi connectivity index (χ0v) is 53.5. The normalized spacial score (nSPS) is 13.6. The van der Waals surface area contributed by atoms with E-state index >= 15 is 0 Å². The van der Waals surface area contributed by atoms with Crippen molar-refractivity contribution in [2.75, 3.05) is 23.8 Å². The number of nitrogens with zero attached hydrogens (tertiary/aromatic N) is 6. The number of halogens is 4. The summed E-state index contributed by atoms with van der Waals surface area (Å²) < 4.78 is 76.9. The van der Waals surface area contributed by atoms with Crippen molar-refractivity contribution in [3.63, 3.8) is 0 Å². The molecule has 512 valence electrons. The lowest BCUT2D eigenvalue weighted by molar-refractivity contribution is -0.383. The average molecular weight is 1340 g/mol. The number of hydrogen-bond acceptors (Lipinski definition) is 22. The molecule has 0 amide bonds. The zero-order chi connectivity index (χ0) is 69.7. The molecule has 0 spiro atoms. The Balaban J connectivity index is 0.000000309. The quantitative estimate of drug-likeness (QED) is 0.0119. The van der Waals surface area contributed by atoms with Crippen LogP contribution in [0, 0.1) is 54.3 Å². The van der Waals surface area contributed by atoms with Crippen molar-refractivity contribution in [2.45, 2.75) is 154 Å². The first-order chi connectivity index (χ1) is 45.6. The minimum Gasteiger partial charge on any atom is -0.384 e. The van der Waals surface area contributed by atoms with Crippen LogP contribution in [0.25, 0.3) is 22.1 Å². The first-order valence-electron chi connectivity index (χ1n) is 31.1. The lowest BCUT2D eigenvalue weighted by Crippen LogP contribution is -2.44. The molecule has 0 aliphatic heterocycles. The number of carbonyl (C=O) groups is 4. The minimum atomic E-state index is -1.59. The van der Waals surface area contributed by atoms with E-state index < -0.39 is 80.7 Å². The van der Waals surface area contributed by atoms with Gasteiger partial charge in [-0.3, -0.25) is 39.4 Å². The van der Waals surface area contributed by atoms with Crippen molar-refractivity contribution in [1.82, 2.24) is 20.6 Å². The molecule has 0 radical (unpaired) electrons. The van der Waals surface area contributed by atoms with Gasteiger partial charge in [0.1, 0.15) is 47.0 Å². The second kappa shape index (κ2) is 34.9. The average Bonchev–Trinajstić information content (AvgIpc) is 1.59. The number of non-ortho nitro benzene ring substituents is 2. The molecule has 6 aromatic carbocycles. The van der Waals surface area contributed by atoms with E-state index in [1.807, 2.05) is 88.4 Å². The Hall–Kier alpha value is -9.32. The second-order valence-corrected chi connectivity index (χ2v) is 25.2. The molecule has 0 saturated carbocycles. The molecule has 8 aromatic rings. The number of nitro groups is 2. The van der Waals surface area contributed by atoms with Crippen LogP contribution in [0.15, 0.2) is 131 Å². The van der Waals surface area contributed by atoms with Crippen molar-refractivity contribution in [3.05, 3.63) is 187 Å². The van der Waals surface area contributed by atoms with E-state index in [0.29, 0.717) is 25.9 Å². The van der Waals surface area contributed by atoms with Gasteiger partial charge in [0.25, 0.3) is 0 Å². The summed E-state index contributed by atoms with van der Waals surface area (Å²) in [4.78, 5) is 73.6. The molecule has 0 saturated heterocycles. The highest BCUT2D eigenvalue weighted by Gasteiger charge is 2.32. The Morgan fingerprint density at radius 3 is 1.47 bits per heavy atom. The number of hydrogen-bond donors (Lipinski definition) is 6. The summed E-state index contributed by atoms with van der Waals surface area (Å²) in [5.74, 6) is -3.64. The summed E-state index contributed by atoms with van der Waals surface area (Å²) >= 11 is 0. The van der Waals surface area contributed by atoms with Crippen LogP contribution in [0.5, 0.6) is 0 Å². The molecule has 0 bridgehead atoms. The van der Waals surface area contributed by atoms with Crippen LogP contribution >= 0.6 is 0 Å². The fraction of sp³-hybridized carbons (Fsp3) is 0.412. The molecule has 0 aliphatic carbocycles. The van der Waals surface area contributed by atoms with Gasteiger partial charge in [0, 0.05) is 62.7 Å². The number of nitro benzene ring substituents is 2. The van der Waals surface area contributed by atoms with E-state index in [1.54, 1.807) is 0 Å². The minimum absolute atomic E-state index is 0.00286. The maximum absolute atomic E-state index is 14.8. The first-order valence-corrected chi connectivity index (χ1v) is 31.1. The predicted molar refractivity (Wildman–Crippen MR) is 346 cm³/mol. The number of rotatable bonds is 38. The Kier molecular flexibility index (Phi) is 26.9. The molecular formula is C68H78F4N10O14. The van der Waals surface area contributed by atoms with Crippen molar-refractivity contribution in [1.29, 1.82) is 0 Å². The highest BCUT2D eigenvalue weighted by molar-refractivity contribution is 5.95. The Morgan fingerprint density at radius 2 is 0.979 bits per heavy atom. The number of aliphatic hydroxyl groups is 2. The van der Waals surface area contributed by atoms with Crippen molar-refractivity contribution in [2.24, 2.45) is 22.3 Å². The maximum Gasteiger partial charge on any atom is 0.300 e. The summed E-state index contributed by atoms with van der Waals surface area (Å²) in [6.45, 7) is 8.06. The SMILES string of the molecule is CC(C)(CCC(=O)CC(Cc1cc(F)ccc1F)Nc1ccc([N+](=O)[O-])c2nonc12)CCC(=O)[C@@H](O)[C@@H](COCc1ccccc1)Nc1ccc([N+](=O)[O-])c2nonc12.CC(C)(CCC(=O)CC(N)Cc1cc(F)ccc1F)CCC(=O)[C@@H](O)[C@H](N)COCc1ccccc1. The number of aliphatic hydroxyl groups excluding tert-OH is 2. The summed E-state index contributed by atoms with van der Waals surface area (Å²) in [6, 6.07) is 26.8. The number of carbonyl (C=O) groups excluding carboxylic acids is 4. The lowest BCUT2D eigenvalue weighted by Gasteiger charge is -2.27. The molecule has 2 aromatic heterocycles. The van der Waals surface area contributed by atoms with Gasteiger partial charge in [-0.25, -0.2) is 26.8 Å². The molecule has 96 heavy (non-hydrogen) atoms. The molecule has 28 heteroatoms. The number of fused-ring (bicyclic) bond motifs is 2. The summed E-state index contributed by atoms with van der Waals surface area (Å²) in [7, 11) is 0. The lowest BCUT2D eigenvalue weighted by atomic mass is 9.81. The summed E-state index contributed by atoms with van der Waals surface area (Å²) in [6.07, 6.45) is -1.09. The highest BCUT2D eigenvalue weighted by Crippen LogP contribution is 2.34. The van der Waals surface area contributed by atoms with Crippen molar-refractivity contribution >= 4 is 67.9 Å². The fourth-order valence-corrected chi connectivity index (χ4v) is 10.6. The van der Waals surface area contributed by atoms with E-state index in [2.05, 4.69) is 31.3 Å².